The number of aliphatic hydroxyl groups excluding tert-OH is 1. The molecule has 118 valence electrons. The van der Waals surface area contributed by atoms with E-state index in [0.717, 1.165) is 5.56 Å². The molecule has 0 aliphatic rings. The van der Waals surface area contributed by atoms with E-state index >= 15 is 0 Å². The summed E-state index contributed by atoms with van der Waals surface area (Å²) < 4.78 is 9.82. The van der Waals surface area contributed by atoms with Crippen molar-refractivity contribution in [1.29, 1.82) is 5.26 Å². The van der Waals surface area contributed by atoms with Gasteiger partial charge >= 0.3 is 12.1 Å². The van der Waals surface area contributed by atoms with E-state index in [1.165, 1.54) is 6.92 Å². The van der Waals surface area contributed by atoms with E-state index in [4.69, 9.17) is 14.7 Å². The molecule has 0 aliphatic carbocycles. The molecular formula is C15H18N2O5. The van der Waals surface area contributed by atoms with Gasteiger partial charge in [-0.25, -0.2) is 4.79 Å². The Balaban J connectivity index is 2.61. The lowest BCUT2D eigenvalue weighted by molar-refractivity contribution is -0.143. The summed E-state index contributed by atoms with van der Waals surface area (Å²) in [6.07, 6.45) is -1.03. The molecule has 0 radical (unpaired) electrons. The molecule has 1 rings (SSSR count). The second-order valence-electron chi connectivity index (χ2n) is 4.74. The van der Waals surface area contributed by atoms with Crippen molar-refractivity contribution in [2.45, 2.75) is 25.5 Å². The standard InChI is InChI=1S/C15H18N2O5/c1-12(19)22-11-15(10-18,7-8-16)17-14(20)21-9-13-5-3-2-4-6-13/h2-6,18H,7,9-11H2,1H3,(H,17,20)/t15-/m1/s1. The Morgan fingerprint density at radius 3 is 2.55 bits per heavy atom. The van der Waals surface area contributed by atoms with Crippen LogP contribution in [0.1, 0.15) is 18.9 Å². The number of carbonyl (C=O) groups excluding carboxylic acids is 2. The lowest BCUT2D eigenvalue weighted by Gasteiger charge is -2.29. The average molecular weight is 306 g/mol. The fraction of sp³-hybridized carbons (Fsp3) is 0.400. The number of nitrogens with zero attached hydrogens (tertiary/aromatic N) is 1. The lowest BCUT2D eigenvalue weighted by atomic mass is 9.98. The van der Waals surface area contributed by atoms with Gasteiger partial charge in [0.25, 0.3) is 0 Å². The van der Waals surface area contributed by atoms with Gasteiger partial charge in [0.2, 0.25) is 0 Å². The molecule has 0 heterocycles. The molecule has 0 aromatic heterocycles. The summed E-state index contributed by atoms with van der Waals surface area (Å²) in [5.74, 6) is -0.574. The summed E-state index contributed by atoms with van der Waals surface area (Å²) in [4.78, 5) is 22.7. The summed E-state index contributed by atoms with van der Waals surface area (Å²) in [5.41, 5.74) is -0.582. The molecule has 0 spiro atoms. The molecule has 0 saturated carbocycles. The summed E-state index contributed by atoms with van der Waals surface area (Å²) in [6, 6.07) is 10.9. The highest BCUT2D eigenvalue weighted by Crippen LogP contribution is 2.11. The Morgan fingerprint density at radius 2 is 2.00 bits per heavy atom. The normalized spacial score (nSPS) is 12.6. The van der Waals surface area contributed by atoms with Crippen molar-refractivity contribution in [2.24, 2.45) is 0 Å². The number of hydrogen-bond donors (Lipinski definition) is 2. The van der Waals surface area contributed by atoms with Gasteiger partial charge in [0.1, 0.15) is 18.8 Å². The highest BCUT2D eigenvalue weighted by atomic mass is 16.6. The number of amides is 1. The van der Waals surface area contributed by atoms with Crippen molar-refractivity contribution >= 4 is 12.1 Å². The van der Waals surface area contributed by atoms with Crippen molar-refractivity contribution in [2.75, 3.05) is 13.2 Å². The number of carbonyl (C=O) groups is 2. The van der Waals surface area contributed by atoms with Gasteiger partial charge in [-0.3, -0.25) is 4.79 Å². The maximum absolute atomic E-state index is 11.8. The Morgan fingerprint density at radius 1 is 1.32 bits per heavy atom. The van der Waals surface area contributed by atoms with Crippen LogP contribution in [0.15, 0.2) is 30.3 Å². The minimum absolute atomic E-state index is 0.0499. The largest absolute Gasteiger partial charge is 0.463 e. The van der Waals surface area contributed by atoms with Crippen LogP contribution in [0, 0.1) is 11.3 Å². The molecule has 0 saturated heterocycles. The molecule has 0 bridgehead atoms. The van der Waals surface area contributed by atoms with Gasteiger partial charge in [0, 0.05) is 6.92 Å². The van der Waals surface area contributed by atoms with E-state index < -0.39 is 24.2 Å². The van der Waals surface area contributed by atoms with E-state index in [9.17, 15) is 14.7 Å². The summed E-state index contributed by atoms with van der Waals surface area (Å²) in [7, 11) is 0. The first-order valence-electron chi connectivity index (χ1n) is 6.61. The molecular weight excluding hydrogens is 288 g/mol. The molecule has 1 atom stereocenters. The van der Waals surface area contributed by atoms with Gasteiger partial charge < -0.3 is 19.9 Å². The molecule has 22 heavy (non-hydrogen) atoms. The van der Waals surface area contributed by atoms with Crippen LogP contribution in [-0.2, 0) is 20.9 Å². The Labute approximate surface area is 128 Å². The van der Waals surface area contributed by atoms with Crippen LogP contribution in [0.3, 0.4) is 0 Å². The summed E-state index contributed by atoms with van der Waals surface area (Å²) in [6.45, 7) is 0.373. The third-order valence-corrected chi connectivity index (χ3v) is 2.85. The molecule has 2 N–H and O–H groups in total. The minimum atomic E-state index is -1.38. The number of rotatable bonds is 7. The number of alkyl carbamates (subject to hydrolysis) is 1. The monoisotopic (exact) mass is 306 g/mol. The van der Waals surface area contributed by atoms with Crippen LogP contribution in [0.2, 0.25) is 0 Å². The maximum Gasteiger partial charge on any atom is 0.408 e. The number of ether oxygens (including phenoxy) is 2. The van der Waals surface area contributed by atoms with Crippen LogP contribution in [0.5, 0.6) is 0 Å². The van der Waals surface area contributed by atoms with E-state index in [1.807, 2.05) is 24.3 Å². The van der Waals surface area contributed by atoms with Gasteiger partial charge in [0.05, 0.1) is 19.1 Å². The predicted octanol–water partition coefficient (Wildman–Crippen LogP) is 1.12. The van der Waals surface area contributed by atoms with Crippen molar-refractivity contribution in [3.63, 3.8) is 0 Å². The van der Waals surface area contributed by atoms with E-state index in [-0.39, 0.29) is 19.6 Å². The molecule has 0 fully saturated rings. The number of hydrogen-bond acceptors (Lipinski definition) is 6. The van der Waals surface area contributed by atoms with Gasteiger partial charge in [-0.1, -0.05) is 30.3 Å². The SMILES string of the molecule is CC(=O)OC[C@](CO)(CC#N)NC(=O)OCc1ccccc1. The second-order valence-corrected chi connectivity index (χ2v) is 4.74. The number of aliphatic hydroxyl groups is 1. The zero-order chi connectivity index (χ0) is 16.4. The Bertz CT molecular complexity index is 541. The highest BCUT2D eigenvalue weighted by Gasteiger charge is 2.33. The zero-order valence-electron chi connectivity index (χ0n) is 12.2. The molecule has 1 amide bonds. The predicted molar refractivity (Wildman–Crippen MR) is 76.4 cm³/mol. The number of nitrogens with one attached hydrogen (secondary N) is 1. The zero-order valence-corrected chi connectivity index (χ0v) is 12.2. The van der Waals surface area contributed by atoms with E-state index in [0.29, 0.717) is 0 Å². The van der Waals surface area contributed by atoms with E-state index in [2.05, 4.69) is 5.32 Å². The van der Waals surface area contributed by atoms with E-state index in [1.54, 1.807) is 12.1 Å². The van der Waals surface area contributed by atoms with Crippen molar-refractivity contribution in [3.05, 3.63) is 35.9 Å². The van der Waals surface area contributed by atoms with Crippen LogP contribution in [0.4, 0.5) is 4.79 Å². The first kappa shape index (κ1) is 17.5. The number of esters is 1. The number of nitriles is 1. The van der Waals surface area contributed by atoms with Crippen LogP contribution in [-0.4, -0.2) is 35.9 Å². The third-order valence-electron chi connectivity index (χ3n) is 2.85. The molecule has 0 unspecified atom stereocenters. The fourth-order valence-electron chi connectivity index (χ4n) is 1.64. The second kappa shape index (κ2) is 8.64. The minimum Gasteiger partial charge on any atom is -0.463 e. The first-order valence-corrected chi connectivity index (χ1v) is 6.61. The van der Waals surface area contributed by atoms with Crippen LogP contribution >= 0.6 is 0 Å². The smallest absolute Gasteiger partial charge is 0.408 e. The first-order chi connectivity index (χ1) is 10.5. The van der Waals surface area contributed by atoms with Crippen molar-refractivity contribution in [1.82, 2.24) is 5.32 Å². The number of benzene rings is 1. The van der Waals surface area contributed by atoms with Crippen molar-refractivity contribution in [3.8, 4) is 6.07 Å². The summed E-state index contributed by atoms with van der Waals surface area (Å²) in [5, 5.41) is 20.7. The van der Waals surface area contributed by atoms with Gasteiger partial charge in [-0.05, 0) is 5.56 Å². The summed E-state index contributed by atoms with van der Waals surface area (Å²) >= 11 is 0. The Hall–Kier alpha value is -2.59. The quantitative estimate of drug-likeness (QED) is 0.731. The Kier molecular flexibility index (Phi) is 6.86. The molecule has 1 aromatic rings. The topological polar surface area (TPSA) is 109 Å². The average Bonchev–Trinajstić information content (AvgIpc) is 2.52. The van der Waals surface area contributed by atoms with Gasteiger partial charge in [0.15, 0.2) is 0 Å². The third kappa shape index (κ3) is 5.81. The molecule has 7 heteroatoms. The van der Waals surface area contributed by atoms with Crippen LogP contribution in [0.25, 0.3) is 0 Å². The fourth-order valence-corrected chi connectivity index (χ4v) is 1.64. The van der Waals surface area contributed by atoms with Gasteiger partial charge in [-0.2, -0.15) is 5.26 Å². The molecule has 0 aliphatic heterocycles. The van der Waals surface area contributed by atoms with Gasteiger partial charge in [-0.15, -0.1) is 0 Å². The molecule has 1 aromatic carbocycles. The van der Waals surface area contributed by atoms with Crippen molar-refractivity contribution < 1.29 is 24.2 Å². The van der Waals surface area contributed by atoms with Crippen LogP contribution < -0.4 is 5.32 Å². The molecule has 7 nitrogen and oxygen atoms in total. The maximum atomic E-state index is 11.8. The lowest BCUT2D eigenvalue weighted by Crippen LogP contribution is -2.55. The highest BCUT2D eigenvalue weighted by molar-refractivity contribution is 5.69.